The third-order valence-corrected chi connectivity index (χ3v) is 4.75. The number of hydrogen-bond donors (Lipinski definition) is 2. The van der Waals surface area contributed by atoms with E-state index in [1.807, 2.05) is 12.1 Å². The number of hydrogen-bond acceptors (Lipinski definition) is 7. The number of ether oxygens (including phenoxy) is 1. The van der Waals surface area contributed by atoms with E-state index in [0.29, 0.717) is 37.7 Å². The molecule has 0 spiro atoms. The number of aromatic nitrogens is 3. The molecule has 1 fully saturated rings. The van der Waals surface area contributed by atoms with Crippen LogP contribution >= 0.6 is 24.8 Å². The lowest BCUT2D eigenvalue weighted by atomic mass is 9.79. The fraction of sp³-hybridized carbons (Fsp3) is 0.556. The van der Waals surface area contributed by atoms with E-state index in [-0.39, 0.29) is 36.1 Å². The molecular weight excluding hydrogens is 405 g/mol. The second-order valence-corrected chi connectivity index (χ2v) is 6.71. The molecule has 1 amide bonds. The Labute approximate surface area is 177 Å². The van der Waals surface area contributed by atoms with Crippen LogP contribution in [0.1, 0.15) is 25.2 Å². The minimum Gasteiger partial charge on any atom is -0.384 e. The van der Waals surface area contributed by atoms with Crippen LogP contribution in [-0.4, -0.2) is 54.4 Å². The Morgan fingerprint density at radius 3 is 2.68 bits per heavy atom. The molecule has 0 aliphatic carbocycles. The lowest BCUT2D eigenvalue weighted by Crippen LogP contribution is -2.47. The van der Waals surface area contributed by atoms with Crippen LogP contribution in [0.2, 0.25) is 0 Å². The van der Waals surface area contributed by atoms with Gasteiger partial charge in [-0.2, -0.15) is 4.98 Å². The van der Waals surface area contributed by atoms with Crippen molar-refractivity contribution in [2.75, 3.05) is 33.4 Å². The maximum atomic E-state index is 12.2. The number of amides is 1. The van der Waals surface area contributed by atoms with Crippen molar-refractivity contribution in [1.29, 1.82) is 0 Å². The van der Waals surface area contributed by atoms with Crippen molar-refractivity contribution in [1.82, 2.24) is 25.8 Å². The Hall–Kier alpha value is -1.74. The fourth-order valence-corrected chi connectivity index (χ4v) is 3.21. The molecule has 0 atom stereocenters. The molecule has 0 bridgehead atoms. The van der Waals surface area contributed by atoms with Gasteiger partial charge < -0.3 is 19.9 Å². The van der Waals surface area contributed by atoms with E-state index in [9.17, 15) is 4.79 Å². The maximum Gasteiger partial charge on any atom is 0.227 e. The Kier molecular flexibility index (Phi) is 10.4. The summed E-state index contributed by atoms with van der Waals surface area (Å²) in [6.07, 6.45) is 6.09. The minimum atomic E-state index is -0.0114. The van der Waals surface area contributed by atoms with Crippen LogP contribution in [0.5, 0.6) is 0 Å². The van der Waals surface area contributed by atoms with Crippen molar-refractivity contribution >= 4 is 30.7 Å². The van der Waals surface area contributed by atoms with Crippen LogP contribution in [0.3, 0.4) is 0 Å². The van der Waals surface area contributed by atoms with Gasteiger partial charge in [0, 0.05) is 49.9 Å². The number of nitrogens with zero attached hydrogens (tertiary/aromatic N) is 3. The number of methoxy groups -OCH3 is 1. The summed E-state index contributed by atoms with van der Waals surface area (Å²) in [5, 5.41) is 10.3. The summed E-state index contributed by atoms with van der Waals surface area (Å²) in [5.41, 5.74) is 0.862. The van der Waals surface area contributed by atoms with Gasteiger partial charge in [-0.1, -0.05) is 5.16 Å². The molecule has 2 aromatic heterocycles. The summed E-state index contributed by atoms with van der Waals surface area (Å²) in [6, 6.07) is 3.63. The number of nitrogens with one attached hydrogen (secondary N) is 2. The highest BCUT2D eigenvalue weighted by atomic mass is 35.5. The van der Waals surface area contributed by atoms with Crippen LogP contribution in [0.4, 0.5) is 0 Å². The van der Waals surface area contributed by atoms with Crippen molar-refractivity contribution in [3.63, 3.8) is 0 Å². The van der Waals surface area contributed by atoms with E-state index < -0.39 is 0 Å². The average molecular weight is 432 g/mol. The number of piperidine rings is 1. The monoisotopic (exact) mass is 431 g/mol. The third kappa shape index (κ3) is 6.70. The van der Waals surface area contributed by atoms with Crippen LogP contribution in [0.25, 0.3) is 11.4 Å². The van der Waals surface area contributed by atoms with E-state index >= 15 is 0 Å². The second kappa shape index (κ2) is 12.0. The molecule has 1 aliphatic heterocycles. The van der Waals surface area contributed by atoms with E-state index in [2.05, 4.69) is 25.8 Å². The van der Waals surface area contributed by atoms with Gasteiger partial charge in [0.1, 0.15) is 0 Å². The topological polar surface area (TPSA) is 102 Å². The van der Waals surface area contributed by atoms with Crippen molar-refractivity contribution in [2.24, 2.45) is 5.41 Å². The van der Waals surface area contributed by atoms with Gasteiger partial charge in [0.2, 0.25) is 17.6 Å². The molecule has 2 aromatic rings. The van der Waals surface area contributed by atoms with Gasteiger partial charge >= 0.3 is 0 Å². The predicted molar refractivity (Wildman–Crippen MR) is 110 cm³/mol. The first kappa shape index (κ1) is 24.3. The molecule has 3 rings (SSSR count). The maximum absolute atomic E-state index is 12.2. The number of carbonyl (C=O) groups is 1. The van der Waals surface area contributed by atoms with Gasteiger partial charge in [0.15, 0.2) is 0 Å². The summed E-state index contributed by atoms with van der Waals surface area (Å²) < 4.78 is 10.6. The largest absolute Gasteiger partial charge is 0.384 e. The van der Waals surface area contributed by atoms with Crippen molar-refractivity contribution in [3.8, 4) is 11.4 Å². The zero-order valence-corrected chi connectivity index (χ0v) is 17.5. The van der Waals surface area contributed by atoms with Crippen LogP contribution in [-0.2, 0) is 16.0 Å². The van der Waals surface area contributed by atoms with Gasteiger partial charge in [0.05, 0.1) is 6.61 Å². The quantitative estimate of drug-likeness (QED) is 0.658. The smallest absolute Gasteiger partial charge is 0.227 e. The van der Waals surface area contributed by atoms with E-state index in [1.54, 1.807) is 19.5 Å². The van der Waals surface area contributed by atoms with Gasteiger partial charge in [-0.15, -0.1) is 24.8 Å². The molecule has 0 aromatic carbocycles. The Bertz CT molecular complexity index is 703. The van der Waals surface area contributed by atoms with Gasteiger partial charge in [0.25, 0.3) is 0 Å². The standard InChI is InChI=1S/C18H25N5O3.2ClH/c1-25-13-18(6-10-20-11-7-18)12-21-15(24)2-3-16-22-17(23-26-16)14-4-8-19-9-5-14;;/h4-5,8-9,20H,2-3,6-7,10-13H2,1H3,(H,21,24);2*1H. The molecule has 0 saturated carbocycles. The number of carbonyl (C=O) groups excluding carboxylic acids is 1. The molecule has 2 N–H and O–H groups in total. The molecule has 0 radical (unpaired) electrons. The van der Waals surface area contributed by atoms with Crippen LogP contribution < -0.4 is 10.6 Å². The first-order valence-electron chi connectivity index (χ1n) is 8.90. The molecule has 8 nitrogen and oxygen atoms in total. The molecule has 3 heterocycles. The summed E-state index contributed by atoms with van der Waals surface area (Å²) in [5.74, 6) is 0.958. The molecule has 10 heteroatoms. The van der Waals surface area contributed by atoms with Crippen LogP contribution in [0.15, 0.2) is 29.0 Å². The molecular formula is C18H27Cl2N5O3. The summed E-state index contributed by atoms with van der Waals surface area (Å²) in [7, 11) is 1.71. The number of halogens is 2. The first-order chi connectivity index (χ1) is 12.7. The normalized spacial score (nSPS) is 15.2. The molecule has 1 saturated heterocycles. The molecule has 1 aliphatic rings. The zero-order valence-electron chi connectivity index (χ0n) is 15.8. The second-order valence-electron chi connectivity index (χ2n) is 6.71. The van der Waals surface area contributed by atoms with Crippen molar-refractivity contribution < 1.29 is 14.1 Å². The SMILES string of the molecule is COCC1(CNC(=O)CCc2nc(-c3ccncc3)no2)CCNCC1.Cl.Cl. The molecule has 156 valence electrons. The van der Waals surface area contributed by atoms with E-state index in [0.717, 1.165) is 31.5 Å². The third-order valence-electron chi connectivity index (χ3n) is 4.75. The lowest BCUT2D eigenvalue weighted by Gasteiger charge is -2.37. The van der Waals surface area contributed by atoms with Crippen molar-refractivity contribution in [3.05, 3.63) is 30.4 Å². The number of aryl methyl sites for hydroxylation is 1. The van der Waals surface area contributed by atoms with Gasteiger partial charge in [-0.05, 0) is 38.1 Å². The Morgan fingerprint density at radius 1 is 1.29 bits per heavy atom. The van der Waals surface area contributed by atoms with E-state index in [4.69, 9.17) is 9.26 Å². The minimum absolute atomic E-state index is 0. The Morgan fingerprint density at radius 2 is 2.00 bits per heavy atom. The predicted octanol–water partition coefficient (Wildman–Crippen LogP) is 2.04. The van der Waals surface area contributed by atoms with Crippen molar-refractivity contribution in [2.45, 2.75) is 25.7 Å². The zero-order chi connectivity index (χ0) is 18.2. The summed E-state index contributed by atoms with van der Waals surface area (Å²) in [6.45, 7) is 3.21. The highest BCUT2D eigenvalue weighted by molar-refractivity contribution is 5.85. The highest BCUT2D eigenvalue weighted by Gasteiger charge is 2.32. The van der Waals surface area contributed by atoms with Crippen LogP contribution in [0, 0.1) is 5.41 Å². The Balaban J connectivity index is 0.00000196. The number of rotatable bonds is 8. The van der Waals surface area contributed by atoms with Gasteiger partial charge in [-0.25, -0.2) is 0 Å². The summed E-state index contributed by atoms with van der Waals surface area (Å²) in [4.78, 5) is 20.5. The molecule has 0 unspecified atom stereocenters. The number of pyridine rings is 1. The van der Waals surface area contributed by atoms with Gasteiger partial charge in [-0.3, -0.25) is 9.78 Å². The fourth-order valence-electron chi connectivity index (χ4n) is 3.21. The first-order valence-corrected chi connectivity index (χ1v) is 8.90. The summed E-state index contributed by atoms with van der Waals surface area (Å²) >= 11 is 0. The lowest BCUT2D eigenvalue weighted by molar-refractivity contribution is -0.122. The molecule has 28 heavy (non-hydrogen) atoms. The average Bonchev–Trinajstić information content (AvgIpc) is 3.16. The highest BCUT2D eigenvalue weighted by Crippen LogP contribution is 2.28. The van der Waals surface area contributed by atoms with E-state index in [1.165, 1.54) is 0 Å².